The summed E-state index contributed by atoms with van der Waals surface area (Å²) < 4.78 is 11.1. The number of nitrogens with zero attached hydrogens (tertiary/aromatic N) is 1. The average molecular weight is 427 g/mol. The molecule has 0 aromatic heterocycles. The molecule has 1 amide bonds. The number of nitrogens with one attached hydrogen (secondary N) is 1. The fourth-order valence-electron chi connectivity index (χ4n) is 3.16. The van der Waals surface area contributed by atoms with Gasteiger partial charge in [0.15, 0.2) is 0 Å². The van der Waals surface area contributed by atoms with E-state index in [9.17, 15) is 4.79 Å². The first kappa shape index (κ1) is 22.2. The van der Waals surface area contributed by atoms with Gasteiger partial charge in [0.2, 0.25) is 5.91 Å². The number of hydrogen-bond acceptors (Lipinski definition) is 5. The smallest absolute Gasteiger partial charge is 0.234 e. The largest absolute Gasteiger partial charge is 0.494 e. The third-order valence-corrected chi connectivity index (χ3v) is 5.82. The van der Waals surface area contributed by atoms with E-state index in [1.54, 1.807) is 6.21 Å². The van der Waals surface area contributed by atoms with Gasteiger partial charge in [0.25, 0.3) is 0 Å². The van der Waals surface area contributed by atoms with Crippen molar-refractivity contribution in [2.24, 2.45) is 5.16 Å². The van der Waals surface area contributed by atoms with Gasteiger partial charge < -0.3 is 14.3 Å². The fraction of sp³-hybridized carbons (Fsp3) is 0.417. The first-order valence-electron chi connectivity index (χ1n) is 10.2. The van der Waals surface area contributed by atoms with Crippen LogP contribution in [0.15, 0.2) is 52.5 Å². The van der Waals surface area contributed by atoms with Crippen LogP contribution in [-0.4, -0.2) is 18.7 Å². The van der Waals surface area contributed by atoms with Crippen LogP contribution >= 0.6 is 12.0 Å². The predicted molar refractivity (Wildman–Crippen MR) is 123 cm³/mol. The zero-order valence-electron chi connectivity index (χ0n) is 18.3. The van der Waals surface area contributed by atoms with Crippen LogP contribution in [0.2, 0.25) is 0 Å². The number of carbonyl (C=O) groups excluding carboxylic acids is 1. The molecule has 0 saturated heterocycles. The highest BCUT2D eigenvalue weighted by Crippen LogP contribution is 2.39. The Morgan fingerprint density at radius 2 is 1.87 bits per heavy atom. The van der Waals surface area contributed by atoms with Gasteiger partial charge in [-0.1, -0.05) is 38.1 Å². The van der Waals surface area contributed by atoms with Crippen LogP contribution in [0.3, 0.4) is 0 Å². The number of fused-ring (bicyclic) bond motifs is 1. The molecule has 1 aliphatic heterocycles. The van der Waals surface area contributed by atoms with Gasteiger partial charge in [-0.05, 0) is 73.6 Å². The topological polar surface area (TPSA) is 59.9 Å². The van der Waals surface area contributed by atoms with Crippen molar-refractivity contribution in [3.8, 4) is 5.75 Å². The summed E-state index contributed by atoms with van der Waals surface area (Å²) in [4.78, 5) is 13.0. The van der Waals surface area contributed by atoms with E-state index in [1.807, 2.05) is 32.0 Å². The number of benzene rings is 2. The Bertz CT molecular complexity index is 915. The summed E-state index contributed by atoms with van der Waals surface area (Å²) >= 11 is 1.25. The lowest BCUT2D eigenvalue weighted by atomic mass is 9.86. The summed E-state index contributed by atoms with van der Waals surface area (Å²) in [5.41, 5.74) is 2.77. The molecule has 0 radical (unpaired) electrons. The molecule has 0 saturated carbocycles. The molecule has 160 valence electrons. The van der Waals surface area contributed by atoms with Crippen LogP contribution in [0.5, 0.6) is 5.75 Å². The summed E-state index contributed by atoms with van der Waals surface area (Å²) in [6.07, 6.45) is 3.35. The zero-order chi connectivity index (χ0) is 21.8. The molecule has 1 heterocycles. The monoisotopic (exact) mass is 426 g/mol. The van der Waals surface area contributed by atoms with Gasteiger partial charge >= 0.3 is 0 Å². The Morgan fingerprint density at radius 1 is 1.13 bits per heavy atom. The molecule has 0 atom stereocenters. The summed E-state index contributed by atoms with van der Waals surface area (Å²) in [6.45, 7) is 11.0. The molecule has 3 rings (SSSR count). The number of ether oxygens (including phenoxy) is 1. The summed E-state index contributed by atoms with van der Waals surface area (Å²) in [5, 5.41) is 6.90. The zero-order valence-corrected chi connectivity index (χ0v) is 19.1. The third kappa shape index (κ3) is 5.36. The molecule has 2 aromatic carbocycles. The Hall–Kier alpha value is -2.47. The minimum atomic E-state index is -0.524. The number of carbonyl (C=O) groups is 1. The van der Waals surface area contributed by atoms with Crippen LogP contribution in [0.1, 0.15) is 58.6 Å². The molecule has 0 unspecified atom stereocenters. The Balaban J connectivity index is 1.36. The Labute approximate surface area is 183 Å². The number of unbranched alkanes of at least 4 members (excludes halogenated alkanes) is 1. The number of anilines is 1. The van der Waals surface area contributed by atoms with Crippen molar-refractivity contribution in [2.45, 2.75) is 63.2 Å². The van der Waals surface area contributed by atoms with E-state index in [0.29, 0.717) is 6.61 Å². The normalized spacial score (nSPS) is 15.2. The van der Waals surface area contributed by atoms with Crippen LogP contribution in [0, 0.1) is 0 Å². The van der Waals surface area contributed by atoms with E-state index < -0.39 is 5.41 Å². The van der Waals surface area contributed by atoms with Gasteiger partial charge in [0.1, 0.15) is 17.8 Å². The van der Waals surface area contributed by atoms with Crippen molar-refractivity contribution >= 4 is 29.9 Å². The van der Waals surface area contributed by atoms with Crippen LogP contribution in [-0.2, 0) is 19.9 Å². The molecular formula is C24H30N2O3S. The second-order valence-electron chi connectivity index (χ2n) is 9.00. The molecule has 1 N–H and O–H groups in total. The number of oxime groups is 1. The van der Waals surface area contributed by atoms with E-state index in [4.69, 9.17) is 9.02 Å². The lowest BCUT2D eigenvalue weighted by molar-refractivity contribution is -0.119. The highest BCUT2D eigenvalue weighted by Gasteiger charge is 2.38. The highest BCUT2D eigenvalue weighted by atomic mass is 32.2. The van der Waals surface area contributed by atoms with Crippen molar-refractivity contribution in [1.82, 2.24) is 0 Å². The standard InChI is InChI=1S/C24H30N2O3S/c1-23(2,3)17-8-11-19(12-9-17)30-29-25-14-6-7-15-28-18-10-13-21-20(16-18)24(4,5)22(27)26-21/h8-14,16H,6-7,15H2,1-5H3,(H,26,27). The van der Waals surface area contributed by atoms with Gasteiger partial charge in [-0.2, -0.15) is 0 Å². The van der Waals surface area contributed by atoms with Crippen molar-refractivity contribution in [3.05, 3.63) is 53.6 Å². The highest BCUT2D eigenvalue weighted by molar-refractivity contribution is 7.94. The van der Waals surface area contributed by atoms with E-state index in [2.05, 4.69) is 55.5 Å². The van der Waals surface area contributed by atoms with Gasteiger partial charge in [-0.25, -0.2) is 0 Å². The van der Waals surface area contributed by atoms with Gasteiger partial charge in [-0.15, -0.1) is 0 Å². The molecule has 0 bridgehead atoms. The Morgan fingerprint density at radius 3 is 2.57 bits per heavy atom. The number of amides is 1. The van der Waals surface area contributed by atoms with Gasteiger partial charge in [-0.3, -0.25) is 4.79 Å². The van der Waals surface area contributed by atoms with Crippen molar-refractivity contribution in [3.63, 3.8) is 0 Å². The lowest BCUT2D eigenvalue weighted by Gasteiger charge is -2.18. The maximum Gasteiger partial charge on any atom is 0.234 e. The molecule has 0 fully saturated rings. The second-order valence-corrected chi connectivity index (χ2v) is 9.78. The molecule has 0 spiro atoms. The summed E-state index contributed by atoms with van der Waals surface area (Å²) in [7, 11) is 0. The van der Waals surface area contributed by atoms with Crippen molar-refractivity contribution in [1.29, 1.82) is 0 Å². The molecule has 0 aliphatic carbocycles. The molecule has 5 nitrogen and oxygen atoms in total. The third-order valence-electron chi connectivity index (χ3n) is 5.20. The van der Waals surface area contributed by atoms with E-state index in [1.165, 1.54) is 17.6 Å². The van der Waals surface area contributed by atoms with Gasteiger partial charge in [0, 0.05) is 11.9 Å². The summed E-state index contributed by atoms with van der Waals surface area (Å²) in [5.74, 6) is 0.801. The molecule has 2 aromatic rings. The minimum absolute atomic E-state index is 0.0221. The minimum Gasteiger partial charge on any atom is -0.494 e. The number of hydrogen-bond donors (Lipinski definition) is 1. The first-order valence-corrected chi connectivity index (χ1v) is 11.0. The lowest BCUT2D eigenvalue weighted by Crippen LogP contribution is -2.26. The molecule has 30 heavy (non-hydrogen) atoms. The number of rotatable bonds is 8. The maximum atomic E-state index is 12.0. The van der Waals surface area contributed by atoms with E-state index >= 15 is 0 Å². The first-order chi connectivity index (χ1) is 14.2. The molecule has 1 aliphatic rings. The fourth-order valence-corrected chi connectivity index (χ4v) is 3.60. The molecular weight excluding hydrogens is 396 g/mol. The van der Waals surface area contributed by atoms with E-state index in [0.717, 1.165) is 34.7 Å². The van der Waals surface area contributed by atoms with Crippen molar-refractivity contribution in [2.75, 3.05) is 11.9 Å². The quantitative estimate of drug-likeness (QED) is 0.240. The molecule has 6 heteroatoms. The van der Waals surface area contributed by atoms with E-state index in [-0.39, 0.29) is 11.3 Å². The van der Waals surface area contributed by atoms with Crippen LogP contribution in [0.25, 0.3) is 0 Å². The second kappa shape index (κ2) is 9.13. The average Bonchev–Trinajstić information content (AvgIpc) is 2.92. The SMILES string of the molecule is CC(C)(C)c1ccc(SON=CCCCOc2ccc3c(c2)C(C)(C)C(=O)N3)cc1. The van der Waals surface area contributed by atoms with Gasteiger partial charge in [0.05, 0.1) is 16.9 Å². The Kier molecular flexibility index (Phi) is 6.76. The van der Waals surface area contributed by atoms with Crippen molar-refractivity contribution < 1.29 is 13.8 Å². The van der Waals surface area contributed by atoms with Crippen LogP contribution < -0.4 is 10.1 Å². The summed E-state index contributed by atoms with van der Waals surface area (Å²) in [6, 6.07) is 14.1. The maximum absolute atomic E-state index is 12.0. The van der Waals surface area contributed by atoms with Crippen LogP contribution in [0.4, 0.5) is 5.69 Å². The predicted octanol–water partition coefficient (Wildman–Crippen LogP) is 6.08.